The molecule has 0 radical (unpaired) electrons. The first-order valence-corrected chi connectivity index (χ1v) is 12.3. The number of fused-ring (bicyclic) bond motifs is 1. The van der Waals surface area contributed by atoms with E-state index in [0.29, 0.717) is 12.6 Å². The Morgan fingerprint density at radius 1 is 1.24 bits per heavy atom. The average Bonchev–Trinajstić information content (AvgIpc) is 3.30. The van der Waals surface area contributed by atoms with Crippen LogP contribution >= 0.6 is 0 Å². The highest BCUT2D eigenvalue weighted by atomic mass is 16.5. The zero-order valence-electron chi connectivity index (χ0n) is 20.9. The van der Waals surface area contributed by atoms with Crippen LogP contribution in [-0.4, -0.2) is 37.1 Å². The molecule has 4 rings (SSSR count). The zero-order valence-corrected chi connectivity index (χ0v) is 20.9. The van der Waals surface area contributed by atoms with E-state index >= 15 is 0 Å². The molecule has 180 valence electrons. The van der Waals surface area contributed by atoms with Gasteiger partial charge in [-0.1, -0.05) is 19.1 Å². The highest BCUT2D eigenvalue weighted by Crippen LogP contribution is 2.41. The molecule has 1 fully saturated rings. The maximum absolute atomic E-state index is 13.3. The second-order valence-electron chi connectivity index (χ2n) is 8.99. The van der Waals surface area contributed by atoms with Gasteiger partial charge in [0.2, 0.25) is 5.91 Å². The fourth-order valence-corrected chi connectivity index (χ4v) is 5.01. The van der Waals surface area contributed by atoms with Crippen molar-refractivity contribution in [2.45, 2.75) is 59.4 Å². The van der Waals surface area contributed by atoms with Gasteiger partial charge in [-0.3, -0.25) is 4.79 Å². The summed E-state index contributed by atoms with van der Waals surface area (Å²) in [5.41, 5.74) is 5.57. The molecule has 0 N–H and O–H groups in total. The van der Waals surface area contributed by atoms with E-state index in [2.05, 4.69) is 13.0 Å². The predicted octanol–water partition coefficient (Wildman–Crippen LogP) is 7.01. The van der Waals surface area contributed by atoms with Gasteiger partial charge in [-0.2, -0.15) is 0 Å². The number of hydrogen-bond donors (Lipinski definition) is 0. The third-order valence-electron chi connectivity index (χ3n) is 6.86. The summed E-state index contributed by atoms with van der Waals surface area (Å²) in [6.07, 6.45) is 7.92. The normalized spacial score (nSPS) is 16.7. The number of ether oxygens (including phenoxy) is 2. The lowest BCUT2D eigenvalue weighted by molar-refractivity contribution is -0.129. The van der Waals surface area contributed by atoms with Gasteiger partial charge in [-0.25, -0.2) is 0 Å². The van der Waals surface area contributed by atoms with Crippen LogP contribution in [0.1, 0.15) is 57.6 Å². The second kappa shape index (κ2) is 10.4. The lowest BCUT2D eigenvalue weighted by atomic mass is 9.95. The molecule has 0 aliphatic carbocycles. The van der Waals surface area contributed by atoms with Gasteiger partial charge < -0.3 is 18.8 Å². The van der Waals surface area contributed by atoms with E-state index < -0.39 is 0 Å². The van der Waals surface area contributed by atoms with Crippen molar-refractivity contribution in [3.63, 3.8) is 0 Å². The summed E-state index contributed by atoms with van der Waals surface area (Å²) in [5.74, 6) is 1.65. The number of likely N-dealkylation sites (tertiary alicyclic amines) is 1. The van der Waals surface area contributed by atoms with Gasteiger partial charge in [0.15, 0.2) is 0 Å². The second-order valence-corrected chi connectivity index (χ2v) is 8.99. The van der Waals surface area contributed by atoms with E-state index in [1.807, 2.05) is 49.9 Å². The fraction of sp³-hybridized carbons (Fsp3) is 0.414. The number of aryl methyl sites for hydroxylation is 1. The van der Waals surface area contributed by atoms with Crippen LogP contribution < -0.4 is 9.47 Å². The van der Waals surface area contributed by atoms with Crippen molar-refractivity contribution in [1.29, 1.82) is 0 Å². The van der Waals surface area contributed by atoms with Crippen molar-refractivity contribution >= 4 is 22.4 Å². The molecule has 34 heavy (non-hydrogen) atoms. The first kappa shape index (κ1) is 23.9. The Kier molecular flexibility index (Phi) is 7.30. The van der Waals surface area contributed by atoms with Crippen LogP contribution in [0.25, 0.3) is 27.7 Å². The molecule has 0 saturated carbocycles. The van der Waals surface area contributed by atoms with Gasteiger partial charge in [-0.15, -0.1) is 0 Å². The summed E-state index contributed by atoms with van der Waals surface area (Å²) in [5, 5.41) is 0.994. The minimum Gasteiger partial charge on any atom is -0.497 e. The number of benzene rings is 2. The van der Waals surface area contributed by atoms with E-state index in [1.54, 1.807) is 19.4 Å². The van der Waals surface area contributed by atoms with E-state index in [0.717, 1.165) is 76.1 Å². The smallest absolute Gasteiger partial charge is 0.247 e. The molecule has 2 aromatic carbocycles. The molecule has 0 bridgehead atoms. The van der Waals surface area contributed by atoms with Crippen molar-refractivity contribution in [1.82, 2.24) is 4.90 Å². The van der Waals surface area contributed by atoms with Crippen LogP contribution in [-0.2, 0) is 4.79 Å². The highest BCUT2D eigenvalue weighted by molar-refractivity contribution is 6.01. The Labute approximate surface area is 202 Å². The number of furan rings is 1. The SMILES string of the molecule is CCOc1c(/C(C)=C/C(=O)N2CCCCC2CC)cc2c(-c3cccc(OC)c3)coc2c1C. The maximum Gasteiger partial charge on any atom is 0.247 e. The van der Waals surface area contributed by atoms with Crippen molar-refractivity contribution in [3.05, 3.63) is 53.8 Å². The monoisotopic (exact) mass is 461 g/mol. The summed E-state index contributed by atoms with van der Waals surface area (Å²) in [6.45, 7) is 9.52. The van der Waals surface area contributed by atoms with Crippen molar-refractivity contribution in [3.8, 4) is 22.6 Å². The molecule has 3 aromatic rings. The first-order valence-electron chi connectivity index (χ1n) is 12.3. The molecule has 1 aromatic heterocycles. The Morgan fingerprint density at radius 3 is 2.79 bits per heavy atom. The molecule has 1 aliphatic heterocycles. The van der Waals surface area contributed by atoms with E-state index in [9.17, 15) is 4.79 Å². The number of methoxy groups -OCH3 is 1. The van der Waals surface area contributed by atoms with Crippen LogP contribution in [0.4, 0.5) is 0 Å². The summed E-state index contributed by atoms with van der Waals surface area (Å²) >= 11 is 0. The quantitative estimate of drug-likeness (QED) is 0.355. The Bertz CT molecular complexity index is 1210. The number of hydrogen-bond acceptors (Lipinski definition) is 4. The Morgan fingerprint density at radius 2 is 2.06 bits per heavy atom. The minimum absolute atomic E-state index is 0.0875. The Balaban J connectivity index is 1.81. The summed E-state index contributed by atoms with van der Waals surface area (Å²) in [7, 11) is 1.67. The van der Waals surface area contributed by atoms with Crippen LogP contribution in [0, 0.1) is 6.92 Å². The van der Waals surface area contributed by atoms with Crippen molar-refractivity contribution in [2.24, 2.45) is 0 Å². The number of carbonyl (C=O) groups is 1. The van der Waals surface area contributed by atoms with E-state index in [4.69, 9.17) is 13.9 Å². The molecule has 1 unspecified atom stereocenters. The third kappa shape index (κ3) is 4.56. The van der Waals surface area contributed by atoms with Crippen LogP contribution in [0.15, 0.2) is 47.1 Å². The van der Waals surface area contributed by atoms with Crippen molar-refractivity contribution in [2.75, 3.05) is 20.3 Å². The van der Waals surface area contributed by atoms with Gasteiger partial charge in [-0.05, 0) is 75.8 Å². The number of carbonyl (C=O) groups excluding carboxylic acids is 1. The molecule has 1 saturated heterocycles. The minimum atomic E-state index is 0.0875. The van der Waals surface area contributed by atoms with Gasteiger partial charge in [0.25, 0.3) is 0 Å². The van der Waals surface area contributed by atoms with Gasteiger partial charge in [0.05, 0.1) is 20.0 Å². The molecular weight excluding hydrogens is 426 g/mol. The van der Waals surface area contributed by atoms with Crippen LogP contribution in [0.5, 0.6) is 11.5 Å². The number of nitrogens with zero attached hydrogens (tertiary/aromatic N) is 1. The van der Waals surface area contributed by atoms with E-state index in [-0.39, 0.29) is 5.91 Å². The number of amides is 1. The lowest BCUT2D eigenvalue weighted by Crippen LogP contribution is -2.42. The van der Waals surface area contributed by atoms with Gasteiger partial charge in [0, 0.05) is 40.7 Å². The Hall–Kier alpha value is -3.21. The highest BCUT2D eigenvalue weighted by Gasteiger charge is 2.25. The molecule has 5 heteroatoms. The molecule has 0 spiro atoms. The largest absolute Gasteiger partial charge is 0.497 e. The number of piperidine rings is 1. The number of rotatable bonds is 7. The predicted molar refractivity (Wildman–Crippen MR) is 137 cm³/mol. The summed E-state index contributed by atoms with van der Waals surface area (Å²) in [4.78, 5) is 15.3. The number of allylic oxidation sites excluding steroid dienone is 1. The van der Waals surface area contributed by atoms with Gasteiger partial charge >= 0.3 is 0 Å². The standard InChI is InChI=1S/C29H35NO4/c1-6-22-12-8-9-14-30(22)27(31)15-19(3)24-17-25-26(21-11-10-13-23(16-21)32-5)18-34-29(25)20(4)28(24)33-7-2/h10-11,13,15-18,22H,6-9,12,14H2,1-5H3/b19-15+. The third-order valence-corrected chi connectivity index (χ3v) is 6.86. The summed E-state index contributed by atoms with van der Waals surface area (Å²) in [6, 6.07) is 10.4. The molecular formula is C29H35NO4. The fourth-order valence-electron chi connectivity index (χ4n) is 5.01. The first-order chi connectivity index (χ1) is 16.5. The zero-order chi connectivity index (χ0) is 24.2. The molecule has 1 amide bonds. The van der Waals surface area contributed by atoms with Gasteiger partial charge in [0.1, 0.15) is 17.1 Å². The van der Waals surface area contributed by atoms with Crippen LogP contribution in [0.2, 0.25) is 0 Å². The lowest BCUT2D eigenvalue weighted by Gasteiger charge is -2.34. The summed E-state index contributed by atoms with van der Waals surface area (Å²) < 4.78 is 17.5. The molecule has 1 atom stereocenters. The van der Waals surface area contributed by atoms with E-state index in [1.165, 1.54) is 6.42 Å². The molecule has 5 nitrogen and oxygen atoms in total. The molecule has 2 heterocycles. The molecule has 1 aliphatic rings. The average molecular weight is 462 g/mol. The van der Waals surface area contributed by atoms with Crippen LogP contribution in [0.3, 0.4) is 0 Å². The topological polar surface area (TPSA) is 51.9 Å². The van der Waals surface area contributed by atoms with Crippen molar-refractivity contribution < 1.29 is 18.7 Å². The maximum atomic E-state index is 13.3.